The predicted octanol–water partition coefficient (Wildman–Crippen LogP) is 4.54. The van der Waals surface area contributed by atoms with E-state index in [-0.39, 0.29) is 11.3 Å². The average molecular weight is 446 g/mol. The van der Waals surface area contributed by atoms with Crippen LogP contribution in [0.4, 0.5) is 15.8 Å². The Kier molecular flexibility index (Phi) is 5.17. The van der Waals surface area contributed by atoms with E-state index in [0.29, 0.717) is 33.1 Å². The number of pyridine rings is 2. The molecule has 3 heterocycles. The van der Waals surface area contributed by atoms with E-state index in [9.17, 15) is 12.8 Å². The number of halogens is 2. The number of nitrogens with one attached hydrogen (secondary N) is 1. The molecule has 0 amide bonds. The number of hydrogen-bond acceptors (Lipinski definition) is 6. The van der Waals surface area contributed by atoms with Crippen LogP contribution in [0.2, 0.25) is 5.02 Å². The van der Waals surface area contributed by atoms with E-state index in [2.05, 4.69) is 20.4 Å². The van der Waals surface area contributed by atoms with Gasteiger partial charge in [0, 0.05) is 28.7 Å². The van der Waals surface area contributed by atoms with Crippen LogP contribution in [0, 0.1) is 12.7 Å². The lowest BCUT2D eigenvalue weighted by atomic mass is 10.1. The molecule has 0 bridgehead atoms. The van der Waals surface area contributed by atoms with Crippen LogP contribution in [0.25, 0.3) is 22.3 Å². The summed E-state index contributed by atoms with van der Waals surface area (Å²) in [6, 6.07) is 7.68. The zero-order chi connectivity index (χ0) is 21.5. The standard InChI is InChI=1S/C20H17ClFN5O2S/c1-3-30(28,29)27-11-19-20(26-27)16(6-7-23-19)25-17-9-18(24-10-12(17)2)14-8-13(21)4-5-15(14)22/h4-11H,3H2,1-2H3,(H,24,25). The highest BCUT2D eigenvalue weighted by atomic mass is 35.5. The van der Waals surface area contributed by atoms with Crippen LogP contribution in [0.3, 0.4) is 0 Å². The average Bonchev–Trinajstić information content (AvgIpc) is 3.18. The van der Waals surface area contributed by atoms with Crippen molar-refractivity contribution in [3.05, 3.63) is 65.3 Å². The van der Waals surface area contributed by atoms with Crippen LogP contribution in [0.5, 0.6) is 0 Å². The van der Waals surface area contributed by atoms with E-state index in [1.807, 2.05) is 6.92 Å². The lowest BCUT2D eigenvalue weighted by molar-refractivity contribution is 0.582. The molecule has 0 radical (unpaired) electrons. The predicted molar refractivity (Wildman–Crippen MR) is 115 cm³/mol. The number of aryl methyl sites for hydroxylation is 1. The van der Waals surface area contributed by atoms with Crippen molar-refractivity contribution in [2.45, 2.75) is 13.8 Å². The van der Waals surface area contributed by atoms with Crippen molar-refractivity contribution >= 4 is 44.0 Å². The van der Waals surface area contributed by atoms with Crippen molar-refractivity contribution in [2.24, 2.45) is 0 Å². The van der Waals surface area contributed by atoms with E-state index < -0.39 is 15.8 Å². The summed E-state index contributed by atoms with van der Waals surface area (Å²) in [6.07, 6.45) is 4.56. The highest BCUT2D eigenvalue weighted by Crippen LogP contribution is 2.30. The molecule has 0 spiro atoms. The molecule has 4 aromatic rings. The number of aromatic nitrogens is 4. The molecule has 0 saturated heterocycles. The smallest absolute Gasteiger partial charge is 0.253 e. The third-order valence-electron chi connectivity index (χ3n) is 4.61. The topological polar surface area (TPSA) is 89.8 Å². The lowest BCUT2D eigenvalue weighted by Gasteiger charge is -2.12. The SMILES string of the molecule is CCS(=O)(=O)n1cc2nccc(Nc3cc(-c4cc(Cl)ccc4F)ncc3C)c2n1. The maximum atomic E-state index is 14.3. The summed E-state index contributed by atoms with van der Waals surface area (Å²) in [5.41, 5.74) is 3.57. The summed E-state index contributed by atoms with van der Waals surface area (Å²) < 4.78 is 39.5. The molecule has 154 valence electrons. The van der Waals surface area contributed by atoms with Crippen LogP contribution in [-0.2, 0) is 10.0 Å². The van der Waals surface area contributed by atoms with E-state index in [1.54, 1.807) is 31.5 Å². The Labute approximate surface area is 177 Å². The highest BCUT2D eigenvalue weighted by molar-refractivity contribution is 7.89. The zero-order valence-electron chi connectivity index (χ0n) is 16.1. The monoisotopic (exact) mass is 445 g/mol. The first-order valence-corrected chi connectivity index (χ1v) is 11.0. The number of rotatable bonds is 5. The molecular formula is C20H17ClFN5O2S. The zero-order valence-corrected chi connectivity index (χ0v) is 17.7. The largest absolute Gasteiger partial charge is 0.353 e. The van der Waals surface area contributed by atoms with E-state index >= 15 is 0 Å². The van der Waals surface area contributed by atoms with Gasteiger partial charge in [-0.15, -0.1) is 0 Å². The molecule has 10 heteroatoms. The second-order valence-corrected chi connectivity index (χ2v) is 9.18. The molecule has 7 nitrogen and oxygen atoms in total. The molecule has 0 aliphatic heterocycles. The van der Waals surface area contributed by atoms with Gasteiger partial charge >= 0.3 is 0 Å². The van der Waals surface area contributed by atoms with Crippen molar-refractivity contribution in [2.75, 3.05) is 11.1 Å². The maximum Gasteiger partial charge on any atom is 0.253 e. The molecule has 1 aromatic carbocycles. The van der Waals surface area contributed by atoms with Gasteiger partial charge in [-0.2, -0.15) is 9.19 Å². The van der Waals surface area contributed by atoms with Crippen molar-refractivity contribution < 1.29 is 12.8 Å². The normalized spacial score (nSPS) is 11.7. The molecule has 4 rings (SSSR count). The van der Waals surface area contributed by atoms with Gasteiger partial charge < -0.3 is 5.32 Å². The van der Waals surface area contributed by atoms with Gasteiger partial charge in [-0.25, -0.2) is 12.8 Å². The molecule has 0 atom stereocenters. The fourth-order valence-electron chi connectivity index (χ4n) is 2.92. The molecule has 0 saturated carbocycles. The summed E-state index contributed by atoms with van der Waals surface area (Å²) in [4.78, 5) is 8.51. The lowest BCUT2D eigenvalue weighted by Crippen LogP contribution is -2.15. The van der Waals surface area contributed by atoms with Gasteiger partial charge in [0.15, 0.2) is 0 Å². The molecular weight excluding hydrogens is 429 g/mol. The second kappa shape index (κ2) is 7.66. The van der Waals surface area contributed by atoms with Gasteiger partial charge in [0.1, 0.15) is 16.9 Å². The first kappa shape index (κ1) is 20.2. The van der Waals surface area contributed by atoms with Gasteiger partial charge in [0.25, 0.3) is 10.0 Å². The van der Waals surface area contributed by atoms with Gasteiger partial charge in [-0.3, -0.25) is 9.97 Å². The van der Waals surface area contributed by atoms with Crippen LogP contribution in [0.15, 0.2) is 48.9 Å². The summed E-state index contributed by atoms with van der Waals surface area (Å²) in [5.74, 6) is -0.515. The van der Waals surface area contributed by atoms with Crippen LogP contribution < -0.4 is 5.32 Å². The van der Waals surface area contributed by atoms with Crippen LogP contribution >= 0.6 is 11.6 Å². The van der Waals surface area contributed by atoms with E-state index in [0.717, 1.165) is 9.65 Å². The van der Waals surface area contributed by atoms with Gasteiger partial charge in [0.05, 0.1) is 23.3 Å². The van der Waals surface area contributed by atoms with Crippen LogP contribution in [-0.4, -0.2) is 33.3 Å². The van der Waals surface area contributed by atoms with E-state index in [4.69, 9.17) is 11.6 Å². The Morgan fingerprint density at radius 3 is 2.73 bits per heavy atom. The van der Waals surface area contributed by atoms with Crippen molar-refractivity contribution in [3.8, 4) is 11.3 Å². The number of nitrogens with zero attached hydrogens (tertiary/aromatic N) is 4. The number of hydrogen-bond donors (Lipinski definition) is 1. The molecule has 0 aliphatic carbocycles. The minimum Gasteiger partial charge on any atom is -0.353 e. The van der Waals surface area contributed by atoms with Crippen molar-refractivity contribution in [1.82, 2.24) is 19.2 Å². The highest BCUT2D eigenvalue weighted by Gasteiger charge is 2.16. The Morgan fingerprint density at radius 1 is 1.17 bits per heavy atom. The molecule has 0 aliphatic rings. The van der Waals surface area contributed by atoms with Gasteiger partial charge in [0.2, 0.25) is 0 Å². The fourth-order valence-corrected chi connectivity index (χ4v) is 3.83. The second-order valence-electron chi connectivity index (χ2n) is 6.63. The Hall–Kier alpha value is -3.04. The number of fused-ring (bicyclic) bond motifs is 1. The first-order chi connectivity index (χ1) is 14.3. The van der Waals surface area contributed by atoms with Gasteiger partial charge in [-0.1, -0.05) is 11.6 Å². The summed E-state index contributed by atoms with van der Waals surface area (Å²) in [7, 11) is -3.54. The third kappa shape index (κ3) is 3.73. The Balaban J connectivity index is 1.78. The first-order valence-electron chi connectivity index (χ1n) is 9.05. The molecule has 30 heavy (non-hydrogen) atoms. The minimum atomic E-state index is -3.54. The number of anilines is 2. The van der Waals surface area contributed by atoms with Crippen molar-refractivity contribution in [3.63, 3.8) is 0 Å². The fraction of sp³-hybridized carbons (Fsp3) is 0.150. The summed E-state index contributed by atoms with van der Waals surface area (Å²) >= 11 is 6.01. The molecule has 3 aromatic heterocycles. The molecule has 0 fully saturated rings. The maximum absolute atomic E-state index is 14.3. The third-order valence-corrected chi connectivity index (χ3v) is 6.33. The Morgan fingerprint density at radius 2 is 1.97 bits per heavy atom. The minimum absolute atomic E-state index is 0.0816. The van der Waals surface area contributed by atoms with E-state index in [1.165, 1.54) is 24.4 Å². The molecule has 0 unspecified atom stereocenters. The summed E-state index contributed by atoms with van der Waals surface area (Å²) in [5, 5.41) is 7.84. The quantitative estimate of drug-likeness (QED) is 0.485. The van der Waals surface area contributed by atoms with Crippen molar-refractivity contribution in [1.29, 1.82) is 0 Å². The van der Waals surface area contributed by atoms with Gasteiger partial charge in [-0.05, 0) is 49.7 Å². The summed E-state index contributed by atoms with van der Waals surface area (Å²) in [6.45, 7) is 3.40. The van der Waals surface area contributed by atoms with Crippen LogP contribution in [0.1, 0.15) is 12.5 Å². The number of benzene rings is 1. The Bertz CT molecular complexity index is 1370. The molecule has 1 N–H and O–H groups in total.